The third-order valence-corrected chi connectivity index (χ3v) is 5.28. The third-order valence-electron chi connectivity index (χ3n) is 5.28. The Labute approximate surface area is 162 Å². The molecule has 0 aliphatic carbocycles. The molecule has 0 radical (unpaired) electrons. The SMILES string of the molecule is COc1ccccc1Oc1c(C)oc2c(C[NH+]3CCCC3)c(O)ccc2c1=O. The van der Waals surface area contributed by atoms with Crippen molar-refractivity contribution < 1.29 is 23.9 Å². The summed E-state index contributed by atoms with van der Waals surface area (Å²) in [4.78, 5) is 14.5. The number of quaternary nitrogens is 1. The molecule has 1 fully saturated rings. The van der Waals surface area contributed by atoms with Gasteiger partial charge in [-0.05, 0) is 31.2 Å². The molecule has 4 rings (SSSR count). The number of nitrogens with one attached hydrogen (secondary N) is 1. The maximum atomic E-state index is 13.1. The van der Waals surface area contributed by atoms with Gasteiger partial charge in [0.25, 0.3) is 0 Å². The van der Waals surface area contributed by atoms with Gasteiger partial charge in [0.2, 0.25) is 11.2 Å². The molecule has 0 unspecified atom stereocenters. The lowest BCUT2D eigenvalue weighted by Crippen LogP contribution is -3.08. The Morgan fingerprint density at radius 2 is 1.82 bits per heavy atom. The van der Waals surface area contributed by atoms with E-state index in [0.717, 1.165) is 13.1 Å². The van der Waals surface area contributed by atoms with E-state index in [1.54, 1.807) is 38.3 Å². The third kappa shape index (κ3) is 3.31. The number of benzene rings is 2. The summed E-state index contributed by atoms with van der Waals surface area (Å²) in [5.41, 5.74) is 0.857. The summed E-state index contributed by atoms with van der Waals surface area (Å²) in [7, 11) is 1.55. The molecule has 6 heteroatoms. The monoisotopic (exact) mass is 382 g/mol. The fourth-order valence-electron chi connectivity index (χ4n) is 3.80. The first-order chi connectivity index (χ1) is 13.6. The van der Waals surface area contributed by atoms with Gasteiger partial charge >= 0.3 is 0 Å². The van der Waals surface area contributed by atoms with E-state index in [1.807, 2.05) is 12.1 Å². The van der Waals surface area contributed by atoms with E-state index in [2.05, 4.69) is 0 Å². The Bertz CT molecular complexity index is 1070. The number of rotatable bonds is 5. The second-order valence-electron chi connectivity index (χ2n) is 7.14. The van der Waals surface area contributed by atoms with E-state index >= 15 is 0 Å². The topological polar surface area (TPSA) is 73.3 Å². The van der Waals surface area contributed by atoms with Crippen LogP contribution in [0.5, 0.6) is 23.0 Å². The molecule has 0 bridgehead atoms. The molecule has 0 atom stereocenters. The van der Waals surface area contributed by atoms with E-state index in [0.29, 0.717) is 40.3 Å². The lowest BCUT2D eigenvalue weighted by Gasteiger charge is -2.16. The molecular weight excluding hydrogens is 358 g/mol. The summed E-state index contributed by atoms with van der Waals surface area (Å²) in [6.07, 6.45) is 2.36. The van der Waals surface area contributed by atoms with Gasteiger partial charge in [0.15, 0.2) is 17.1 Å². The maximum absolute atomic E-state index is 13.1. The number of fused-ring (bicyclic) bond motifs is 1. The molecule has 2 aromatic carbocycles. The number of ether oxygens (including phenoxy) is 2. The van der Waals surface area contributed by atoms with Crippen LogP contribution in [0.15, 0.2) is 45.6 Å². The lowest BCUT2D eigenvalue weighted by molar-refractivity contribution is -0.901. The minimum absolute atomic E-state index is 0.127. The molecule has 2 heterocycles. The second-order valence-corrected chi connectivity index (χ2v) is 7.14. The zero-order chi connectivity index (χ0) is 19.7. The van der Waals surface area contributed by atoms with Gasteiger partial charge in [-0.3, -0.25) is 4.79 Å². The van der Waals surface area contributed by atoms with Gasteiger partial charge in [0.05, 0.1) is 31.1 Å². The molecular formula is C22H24NO5+. The van der Waals surface area contributed by atoms with Gasteiger partial charge in [-0.1, -0.05) is 12.1 Å². The van der Waals surface area contributed by atoms with Gasteiger partial charge in [-0.2, -0.15) is 0 Å². The molecule has 2 N–H and O–H groups in total. The van der Waals surface area contributed by atoms with Crippen LogP contribution in [0.2, 0.25) is 0 Å². The molecule has 1 aliphatic heterocycles. The van der Waals surface area contributed by atoms with Crippen molar-refractivity contribution >= 4 is 11.0 Å². The van der Waals surface area contributed by atoms with Crippen molar-refractivity contribution in [2.75, 3.05) is 20.2 Å². The molecule has 0 spiro atoms. The fraction of sp³-hybridized carbons (Fsp3) is 0.318. The van der Waals surface area contributed by atoms with Crippen molar-refractivity contribution in [3.8, 4) is 23.0 Å². The van der Waals surface area contributed by atoms with E-state index in [1.165, 1.54) is 17.7 Å². The molecule has 146 valence electrons. The number of phenolic OH excluding ortho intramolecular Hbond substituents is 1. The summed E-state index contributed by atoms with van der Waals surface area (Å²) in [5.74, 6) is 1.63. The molecule has 6 nitrogen and oxygen atoms in total. The molecule has 1 aromatic heterocycles. The van der Waals surface area contributed by atoms with Gasteiger partial charge in [0, 0.05) is 12.8 Å². The van der Waals surface area contributed by atoms with E-state index in [-0.39, 0.29) is 16.9 Å². The molecule has 1 saturated heterocycles. The van der Waals surface area contributed by atoms with E-state index in [9.17, 15) is 9.90 Å². The van der Waals surface area contributed by atoms with Crippen molar-refractivity contribution in [1.29, 1.82) is 0 Å². The summed E-state index contributed by atoms with van der Waals surface area (Å²) >= 11 is 0. The second kappa shape index (κ2) is 7.56. The van der Waals surface area contributed by atoms with Gasteiger partial charge in [-0.15, -0.1) is 0 Å². The number of methoxy groups -OCH3 is 1. The van der Waals surface area contributed by atoms with Crippen LogP contribution in [0.1, 0.15) is 24.2 Å². The normalized spacial score (nSPS) is 14.5. The first kappa shape index (κ1) is 18.4. The van der Waals surface area contributed by atoms with Crippen LogP contribution in [0.4, 0.5) is 0 Å². The number of likely N-dealkylation sites (tertiary alicyclic amines) is 1. The van der Waals surface area contributed by atoms with Crippen LogP contribution in [-0.2, 0) is 6.54 Å². The Morgan fingerprint density at radius 3 is 2.54 bits per heavy atom. The largest absolute Gasteiger partial charge is 0.507 e. The van der Waals surface area contributed by atoms with Crippen molar-refractivity contribution in [1.82, 2.24) is 0 Å². The molecule has 0 saturated carbocycles. The van der Waals surface area contributed by atoms with Crippen LogP contribution in [0, 0.1) is 6.92 Å². The van der Waals surface area contributed by atoms with Crippen molar-refractivity contribution in [2.24, 2.45) is 0 Å². The van der Waals surface area contributed by atoms with Crippen molar-refractivity contribution in [2.45, 2.75) is 26.3 Å². The van der Waals surface area contributed by atoms with Crippen LogP contribution in [0.25, 0.3) is 11.0 Å². The van der Waals surface area contributed by atoms with E-state index in [4.69, 9.17) is 13.9 Å². The molecule has 3 aromatic rings. The lowest BCUT2D eigenvalue weighted by atomic mass is 10.1. The quantitative estimate of drug-likeness (QED) is 0.710. The summed E-state index contributed by atoms with van der Waals surface area (Å²) in [6, 6.07) is 10.3. The highest BCUT2D eigenvalue weighted by atomic mass is 16.5. The minimum atomic E-state index is -0.262. The van der Waals surface area contributed by atoms with Gasteiger partial charge in [-0.25, -0.2) is 0 Å². The van der Waals surface area contributed by atoms with Gasteiger partial charge in [0.1, 0.15) is 18.1 Å². The summed E-state index contributed by atoms with van der Waals surface area (Å²) in [6.45, 7) is 4.46. The van der Waals surface area contributed by atoms with Crippen molar-refractivity contribution in [3.05, 3.63) is 57.9 Å². The zero-order valence-electron chi connectivity index (χ0n) is 16.1. The number of aryl methyl sites for hydroxylation is 1. The van der Waals surface area contributed by atoms with Crippen LogP contribution < -0.4 is 19.8 Å². The molecule has 28 heavy (non-hydrogen) atoms. The van der Waals surface area contributed by atoms with E-state index < -0.39 is 0 Å². The Morgan fingerprint density at radius 1 is 1.11 bits per heavy atom. The van der Waals surface area contributed by atoms with Crippen LogP contribution in [0.3, 0.4) is 0 Å². The van der Waals surface area contributed by atoms with Crippen LogP contribution >= 0.6 is 0 Å². The minimum Gasteiger partial charge on any atom is -0.507 e. The van der Waals surface area contributed by atoms with Gasteiger partial charge < -0.3 is 23.9 Å². The predicted molar refractivity (Wildman–Crippen MR) is 106 cm³/mol. The maximum Gasteiger partial charge on any atom is 0.235 e. The fourth-order valence-corrected chi connectivity index (χ4v) is 3.80. The van der Waals surface area contributed by atoms with Crippen molar-refractivity contribution in [3.63, 3.8) is 0 Å². The standard InChI is InChI=1S/C22H23NO5/c1-14-21(28-19-8-4-3-7-18(19)26-2)20(25)15-9-10-17(24)16(22(15)27-14)13-23-11-5-6-12-23/h3-4,7-10,24H,5-6,11-13H2,1-2H3/p+1. The number of para-hydroxylation sites is 2. The number of hydrogen-bond acceptors (Lipinski definition) is 5. The zero-order valence-corrected chi connectivity index (χ0v) is 16.1. The highest BCUT2D eigenvalue weighted by Crippen LogP contribution is 2.34. The molecule has 0 amide bonds. The first-order valence-corrected chi connectivity index (χ1v) is 9.51. The Hall–Kier alpha value is -2.99. The average molecular weight is 382 g/mol. The Balaban J connectivity index is 1.80. The first-order valence-electron chi connectivity index (χ1n) is 9.51. The number of hydrogen-bond donors (Lipinski definition) is 2. The average Bonchev–Trinajstić information content (AvgIpc) is 3.21. The summed E-state index contributed by atoms with van der Waals surface area (Å²) in [5, 5.41) is 10.8. The summed E-state index contributed by atoms with van der Waals surface area (Å²) < 4.78 is 17.2. The Kier molecular flexibility index (Phi) is 4.96. The van der Waals surface area contributed by atoms with Crippen LogP contribution in [-0.4, -0.2) is 25.3 Å². The number of phenols is 1. The number of aromatic hydroxyl groups is 1. The molecule has 1 aliphatic rings. The highest BCUT2D eigenvalue weighted by molar-refractivity contribution is 5.83. The smallest absolute Gasteiger partial charge is 0.235 e. The highest BCUT2D eigenvalue weighted by Gasteiger charge is 2.23. The predicted octanol–water partition coefficient (Wildman–Crippen LogP) is 2.79.